The summed E-state index contributed by atoms with van der Waals surface area (Å²) in [6.45, 7) is 1.36. The number of fused-ring (bicyclic) bond motifs is 2. The first-order chi connectivity index (χ1) is 14.9. The Bertz CT molecular complexity index is 1210. The molecule has 0 saturated heterocycles. The van der Waals surface area contributed by atoms with Gasteiger partial charge in [-0.3, -0.25) is 14.4 Å². The van der Waals surface area contributed by atoms with Gasteiger partial charge in [-0.15, -0.1) is 12.4 Å². The fourth-order valence-electron chi connectivity index (χ4n) is 3.81. The molecular formula is C24H24ClN3O4. The van der Waals surface area contributed by atoms with Crippen molar-refractivity contribution in [2.75, 3.05) is 27.2 Å². The van der Waals surface area contributed by atoms with Crippen LogP contribution in [-0.2, 0) is 0 Å². The Labute approximate surface area is 191 Å². The Hall–Kier alpha value is -3.29. The minimum atomic E-state index is -1.21. The highest BCUT2D eigenvalue weighted by Gasteiger charge is 2.42. The van der Waals surface area contributed by atoms with Crippen LogP contribution >= 0.6 is 12.4 Å². The Kier molecular flexibility index (Phi) is 6.91. The van der Waals surface area contributed by atoms with Crippen molar-refractivity contribution in [3.05, 3.63) is 70.9 Å². The van der Waals surface area contributed by atoms with E-state index in [-0.39, 0.29) is 40.9 Å². The van der Waals surface area contributed by atoms with Gasteiger partial charge in [0, 0.05) is 28.6 Å². The summed E-state index contributed by atoms with van der Waals surface area (Å²) in [4.78, 5) is 44.9. The van der Waals surface area contributed by atoms with E-state index in [0.29, 0.717) is 23.0 Å². The predicted octanol–water partition coefficient (Wildman–Crippen LogP) is 3.21. The second-order valence-corrected chi connectivity index (χ2v) is 7.92. The van der Waals surface area contributed by atoms with Gasteiger partial charge in [0.05, 0.1) is 5.52 Å². The number of benzene rings is 2. The molecular weight excluding hydrogens is 430 g/mol. The summed E-state index contributed by atoms with van der Waals surface area (Å²) < 4.78 is 0. The van der Waals surface area contributed by atoms with E-state index in [0.717, 1.165) is 13.0 Å². The fourth-order valence-corrected chi connectivity index (χ4v) is 3.81. The molecule has 1 heterocycles. The van der Waals surface area contributed by atoms with Crippen molar-refractivity contribution in [3.8, 4) is 5.75 Å². The zero-order chi connectivity index (χ0) is 22.1. The van der Waals surface area contributed by atoms with E-state index in [1.165, 1.54) is 18.2 Å². The lowest BCUT2D eigenvalue weighted by molar-refractivity contribution is 0.0885. The maximum atomic E-state index is 13.1. The average Bonchev–Trinajstić information content (AvgIpc) is 3.00. The van der Waals surface area contributed by atoms with Crippen LogP contribution in [0, 0.1) is 0 Å². The zero-order valence-electron chi connectivity index (χ0n) is 17.8. The maximum Gasteiger partial charge on any atom is 0.251 e. The molecule has 2 aromatic carbocycles. The zero-order valence-corrected chi connectivity index (χ0v) is 18.6. The van der Waals surface area contributed by atoms with Crippen LogP contribution in [0.25, 0.3) is 10.9 Å². The molecule has 3 aromatic rings. The lowest BCUT2D eigenvalue weighted by atomic mass is 9.97. The first-order valence-corrected chi connectivity index (χ1v) is 10.1. The van der Waals surface area contributed by atoms with Gasteiger partial charge in [0.15, 0.2) is 11.6 Å². The number of ketones is 2. The molecule has 1 aliphatic carbocycles. The number of hydrogen-bond acceptors (Lipinski definition) is 6. The molecule has 4 rings (SSSR count). The largest absolute Gasteiger partial charge is 0.506 e. The second-order valence-electron chi connectivity index (χ2n) is 7.92. The van der Waals surface area contributed by atoms with Crippen LogP contribution in [0.5, 0.6) is 5.75 Å². The molecule has 1 aliphatic rings. The molecule has 0 fully saturated rings. The highest BCUT2D eigenvalue weighted by Crippen LogP contribution is 2.38. The van der Waals surface area contributed by atoms with Gasteiger partial charge >= 0.3 is 0 Å². The van der Waals surface area contributed by atoms with Gasteiger partial charge < -0.3 is 15.3 Å². The number of pyridine rings is 1. The van der Waals surface area contributed by atoms with E-state index in [9.17, 15) is 19.5 Å². The summed E-state index contributed by atoms with van der Waals surface area (Å²) in [6.07, 6.45) is 0.802. The number of Topliss-reactive ketones (excluding diaryl/α,β-unsaturated/α-hetero) is 2. The van der Waals surface area contributed by atoms with E-state index in [1.54, 1.807) is 24.3 Å². The van der Waals surface area contributed by atoms with Crippen molar-refractivity contribution in [2.24, 2.45) is 0 Å². The second kappa shape index (κ2) is 9.46. The molecule has 0 aliphatic heterocycles. The summed E-state index contributed by atoms with van der Waals surface area (Å²) in [5.74, 6) is -2.58. The van der Waals surface area contributed by atoms with Crippen molar-refractivity contribution in [1.82, 2.24) is 15.2 Å². The van der Waals surface area contributed by atoms with Crippen LogP contribution in [0.1, 0.15) is 49.1 Å². The van der Waals surface area contributed by atoms with Crippen LogP contribution in [0.2, 0.25) is 0 Å². The molecule has 1 aromatic heterocycles. The van der Waals surface area contributed by atoms with Gasteiger partial charge in [-0.25, -0.2) is 4.98 Å². The van der Waals surface area contributed by atoms with E-state index in [2.05, 4.69) is 10.3 Å². The van der Waals surface area contributed by atoms with E-state index in [1.807, 2.05) is 25.1 Å². The van der Waals surface area contributed by atoms with Gasteiger partial charge in [0.25, 0.3) is 5.91 Å². The number of halogens is 1. The van der Waals surface area contributed by atoms with Crippen molar-refractivity contribution < 1.29 is 19.5 Å². The smallest absolute Gasteiger partial charge is 0.251 e. The number of aromatic nitrogens is 1. The van der Waals surface area contributed by atoms with Crippen LogP contribution in [0.4, 0.5) is 0 Å². The quantitative estimate of drug-likeness (QED) is 0.439. The maximum absolute atomic E-state index is 13.1. The molecule has 0 bridgehead atoms. The molecule has 166 valence electrons. The van der Waals surface area contributed by atoms with Crippen LogP contribution in [0.15, 0.2) is 48.5 Å². The van der Waals surface area contributed by atoms with Crippen LogP contribution in [-0.4, -0.2) is 59.6 Å². The first-order valence-electron chi connectivity index (χ1n) is 10.1. The number of para-hydroxylation sites is 1. The molecule has 1 unspecified atom stereocenters. The van der Waals surface area contributed by atoms with E-state index in [4.69, 9.17) is 0 Å². The van der Waals surface area contributed by atoms with Crippen LogP contribution < -0.4 is 5.32 Å². The predicted molar refractivity (Wildman–Crippen MR) is 124 cm³/mol. The standard InChI is InChI=1S/C24H23N3O4.ClH/c1-27(2)11-5-10-25-24(31)15-8-9-16-17(12-15)23(30)20(22(16)29)21-19(28)13-14-6-3-4-7-18(14)26-21;/h3-4,6-9,12-13,20,28H,5,10-11H2,1-2H3,(H,25,31);1H. The number of carbonyl (C=O) groups excluding carboxylic acids is 3. The van der Waals surface area contributed by atoms with Crippen LogP contribution in [0.3, 0.4) is 0 Å². The Morgan fingerprint density at radius 3 is 2.53 bits per heavy atom. The molecule has 7 nitrogen and oxygen atoms in total. The van der Waals surface area contributed by atoms with Gasteiger partial charge in [-0.1, -0.05) is 18.2 Å². The molecule has 8 heteroatoms. The molecule has 2 N–H and O–H groups in total. The average molecular weight is 454 g/mol. The Balaban J connectivity index is 0.00000289. The fraction of sp³-hybridized carbons (Fsp3) is 0.250. The lowest BCUT2D eigenvalue weighted by Gasteiger charge is -2.10. The molecule has 32 heavy (non-hydrogen) atoms. The van der Waals surface area contributed by atoms with Crippen molar-refractivity contribution in [1.29, 1.82) is 0 Å². The van der Waals surface area contributed by atoms with E-state index >= 15 is 0 Å². The molecule has 0 saturated carbocycles. The van der Waals surface area contributed by atoms with Crippen molar-refractivity contribution >= 4 is 40.8 Å². The van der Waals surface area contributed by atoms with Crippen molar-refractivity contribution in [2.45, 2.75) is 12.3 Å². The monoisotopic (exact) mass is 453 g/mol. The summed E-state index contributed by atoms with van der Waals surface area (Å²) in [5.41, 5.74) is 1.38. The third-order valence-electron chi connectivity index (χ3n) is 5.41. The first kappa shape index (κ1) is 23.4. The molecule has 1 atom stereocenters. The topological polar surface area (TPSA) is 99.6 Å². The number of aromatic hydroxyl groups is 1. The third-order valence-corrected chi connectivity index (χ3v) is 5.41. The minimum Gasteiger partial charge on any atom is -0.506 e. The lowest BCUT2D eigenvalue weighted by Crippen LogP contribution is -2.27. The van der Waals surface area contributed by atoms with Gasteiger partial charge in [-0.05, 0) is 57.4 Å². The normalized spacial score (nSPS) is 15.0. The number of carbonyl (C=O) groups is 3. The van der Waals surface area contributed by atoms with Gasteiger partial charge in [0.1, 0.15) is 17.4 Å². The number of rotatable bonds is 6. The summed E-state index contributed by atoms with van der Waals surface area (Å²) in [7, 11) is 3.92. The minimum absolute atomic E-state index is 0. The molecule has 0 spiro atoms. The van der Waals surface area contributed by atoms with Gasteiger partial charge in [-0.2, -0.15) is 0 Å². The van der Waals surface area contributed by atoms with E-state index < -0.39 is 17.5 Å². The highest BCUT2D eigenvalue weighted by atomic mass is 35.5. The molecule has 1 amide bonds. The Morgan fingerprint density at radius 2 is 1.78 bits per heavy atom. The summed E-state index contributed by atoms with van der Waals surface area (Å²) in [6, 6.07) is 13.2. The third kappa shape index (κ3) is 4.35. The van der Waals surface area contributed by atoms with Crippen molar-refractivity contribution in [3.63, 3.8) is 0 Å². The highest BCUT2D eigenvalue weighted by molar-refractivity contribution is 6.30. The number of hydrogen-bond donors (Lipinski definition) is 2. The number of amides is 1. The number of nitrogens with zero attached hydrogens (tertiary/aromatic N) is 2. The summed E-state index contributed by atoms with van der Waals surface area (Å²) >= 11 is 0. The number of nitrogens with one attached hydrogen (secondary N) is 1. The Morgan fingerprint density at radius 1 is 1.06 bits per heavy atom. The summed E-state index contributed by atoms with van der Waals surface area (Å²) in [5, 5.41) is 14.0. The SMILES string of the molecule is CN(C)CCCNC(=O)c1ccc2c(c1)C(=O)C(c1nc3ccccc3cc1O)C2=O.Cl. The molecule has 0 radical (unpaired) electrons. The van der Waals surface area contributed by atoms with Gasteiger partial charge in [0.2, 0.25) is 0 Å².